The van der Waals surface area contributed by atoms with Gasteiger partial charge in [-0.05, 0) is 135 Å². The molecule has 0 radical (unpaired) electrons. The fourth-order valence-corrected chi connectivity index (χ4v) is 12.5. The molecule has 0 aliphatic heterocycles. The van der Waals surface area contributed by atoms with Crippen molar-refractivity contribution >= 4 is 55.2 Å². The van der Waals surface area contributed by atoms with E-state index in [0.717, 1.165) is 18.5 Å². The molecule has 4 aliphatic rings. The summed E-state index contributed by atoms with van der Waals surface area (Å²) in [6.07, 6.45) is 16.7. The molecule has 1 heterocycles. The maximum atomic E-state index is 2.57. The van der Waals surface area contributed by atoms with Crippen molar-refractivity contribution in [2.75, 3.05) is 4.90 Å². The quantitative estimate of drug-likeness (QED) is 0.162. The van der Waals surface area contributed by atoms with Crippen LogP contribution in [-0.2, 0) is 5.41 Å². The molecule has 0 bridgehead atoms. The number of nitrogens with zero attached hydrogens (tertiary/aromatic N) is 2. The van der Waals surface area contributed by atoms with E-state index in [2.05, 4.69) is 252 Å². The number of fused-ring (bicyclic) bond motifs is 14. The monoisotopic (exact) mass is 854 g/mol. The van der Waals surface area contributed by atoms with Gasteiger partial charge in [-0.3, -0.25) is 0 Å². The summed E-state index contributed by atoms with van der Waals surface area (Å²) in [5.41, 5.74) is 20.3. The van der Waals surface area contributed by atoms with Crippen LogP contribution in [0, 0.1) is 5.92 Å². The Bertz CT molecular complexity index is 3740. The van der Waals surface area contributed by atoms with Crippen LogP contribution in [0.2, 0.25) is 0 Å². The van der Waals surface area contributed by atoms with E-state index in [-0.39, 0.29) is 5.41 Å². The third kappa shape index (κ3) is 5.63. The Morgan fingerprint density at radius 2 is 1.12 bits per heavy atom. The van der Waals surface area contributed by atoms with Gasteiger partial charge in [-0.15, -0.1) is 0 Å². The smallest absolute Gasteiger partial charge is 0.0541 e. The second kappa shape index (κ2) is 14.9. The molecule has 0 amide bonds. The van der Waals surface area contributed by atoms with E-state index in [0.29, 0.717) is 11.8 Å². The first kappa shape index (κ1) is 38.1. The average Bonchev–Trinajstić information content (AvgIpc) is 4.01. The molecule has 0 saturated heterocycles. The summed E-state index contributed by atoms with van der Waals surface area (Å²) in [7, 11) is 0. The van der Waals surface area contributed by atoms with E-state index in [1.165, 1.54) is 105 Å². The van der Waals surface area contributed by atoms with Crippen LogP contribution in [0.15, 0.2) is 248 Å². The molecule has 10 aromatic rings. The van der Waals surface area contributed by atoms with Crippen molar-refractivity contribution in [2.45, 2.75) is 24.2 Å². The van der Waals surface area contributed by atoms with Crippen molar-refractivity contribution in [3.63, 3.8) is 0 Å². The number of hydrogen-bond donors (Lipinski definition) is 0. The van der Waals surface area contributed by atoms with Crippen LogP contribution < -0.4 is 4.90 Å². The highest BCUT2D eigenvalue weighted by Gasteiger charge is 2.58. The van der Waals surface area contributed by atoms with Gasteiger partial charge in [0.25, 0.3) is 0 Å². The summed E-state index contributed by atoms with van der Waals surface area (Å²) < 4.78 is 2.38. The molecule has 2 nitrogen and oxygen atoms in total. The predicted octanol–water partition coefficient (Wildman–Crippen LogP) is 17.0. The third-order valence-corrected chi connectivity index (χ3v) is 15.3. The molecular formula is C65H46N2. The second-order valence-electron chi connectivity index (χ2n) is 18.6. The zero-order chi connectivity index (χ0) is 44.1. The van der Waals surface area contributed by atoms with E-state index in [9.17, 15) is 0 Å². The number of hydrogen-bond acceptors (Lipinski definition) is 1. The van der Waals surface area contributed by atoms with Crippen LogP contribution in [0.25, 0.3) is 66.1 Å². The number of allylic oxidation sites excluding steroid dienone is 8. The Balaban J connectivity index is 0.862. The molecule has 0 fully saturated rings. The Kier molecular flexibility index (Phi) is 8.48. The number of aromatic nitrogens is 1. The first-order chi connectivity index (χ1) is 33.2. The molecule has 14 rings (SSSR count). The van der Waals surface area contributed by atoms with E-state index in [1.54, 1.807) is 0 Å². The van der Waals surface area contributed by atoms with Crippen molar-refractivity contribution in [3.8, 4) is 27.9 Å². The Morgan fingerprint density at radius 3 is 1.99 bits per heavy atom. The van der Waals surface area contributed by atoms with Crippen LogP contribution >= 0.6 is 0 Å². The molecule has 2 heteroatoms. The van der Waals surface area contributed by atoms with Gasteiger partial charge < -0.3 is 9.47 Å². The second-order valence-corrected chi connectivity index (χ2v) is 18.6. The summed E-state index contributed by atoms with van der Waals surface area (Å²) in [6.45, 7) is 0. The van der Waals surface area contributed by atoms with Crippen LogP contribution in [-0.4, -0.2) is 4.57 Å². The van der Waals surface area contributed by atoms with Gasteiger partial charge in [0, 0.05) is 45.1 Å². The lowest BCUT2D eigenvalue weighted by atomic mass is 9.64. The van der Waals surface area contributed by atoms with Crippen molar-refractivity contribution in [3.05, 3.63) is 271 Å². The van der Waals surface area contributed by atoms with Gasteiger partial charge in [0.15, 0.2) is 0 Å². The maximum absolute atomic E-state index is 2.57. The molecule has 3 atom stereocenters. The van der Waals surface area contributed by atoms with Crippen LogP contribution in [0.4, 0.5) is 17.1 Å². The SMILES string of the molecule is C1=CC2c3ccc(N(c4ccc(-c5ccc(-c6ccc7c(c6)c6ccccc6n7-c6ccccc6)cc5)cc4)c4cccc5ccccc45)cc3C3(C4=CCCC=C4c4ccccc43)C2C=C1. The molecule has 3 unspecified atom stereocenters. The zero-order valence-corrected chi connectivity index (χ0v) is 37.1. The summed E-state index contributed by atoms with van der Waals surface area (Å²) in [4.78, 5) is 2.49. The molecule has 4 aliphatic carbocycles. The number of benzene rings is 9. The van der Waals surface area contributed by atoms with Gasteiger partial charge >= 0.3 is 0 Å². The number of rotatable bonds is 6. The highest BCUT2D eigenvalue weighted by Crippen LogP contribution is 2.67. The van der Waals surface area contributed by atoms with Gasteiger partial charge in [-0.2, -0.15) is 0 Å². The normalized spacial score (nSPS) is 18.7. The maximum Gasteiger partial charge on any atom is 0.0541 e. The van der Waals surface area contributed by atoms with E-state index in [1.807, 2.05) is 0 Å². The zero-order valence-electron chi connectivity index (χ0n) is 37.1. The van der Waals surface area contributed by atoms with Crippen molar-refractivity contribution in [1.29, 1.82) is 0 Å². The Morgan fingerprint density at radius 1 is 0.463 bits per heavy atom. The minimum absolute atomic E-state index is 0.257. The Labute approximate surface area is 391 Å². The van der Waals surface area contributed by atoms with Gasteiger partial charge in [0.05, 0.1) is 22.1 Å². The highest BCUT2D eigenvalue weighted by atomic mass is 15.1. The van der Waals surface area contributed by atoms with Gasteiger partial charge in [0.2, 0.25) is 0 Å². The van der Waals surface area contributed by atoms with E-state index >= 15 is 0 Å². The lowest BCUT2D eigenvalue weighted by Crippen LogP contribution is -2.33. The standard InChI is InChI=1S/C65H46N2/c1-2-17-48(18-3-1)67-63-27-13-9-23-56(63)57-41-47(35-40-64(57)67)45-31-29-43(30-32-45)44-33-36-49(37-34-44)66(62-28-14-16-46-15-4-5-19-51(46)62)50-38-39-55-54-22-8-12-26-60(54)65(61(55)42-50)58-24-10-6-20-52(58)53-21-7-11-25-59(53)65/h1-6,8-10,12-42,54,60H,7,11H2. The van der Waals surface area contributed by atoms with Crippen LogP contribution in [0.1, 0.15) is 41.0 Å². The van der Waals surface area contributed by atoms with Crippen LogP contribution in [0.5, 0.6) is 0 Å². The topological polar surface area (TPSA) is 8.17 Å². The summed E-state index contributed by atoms with van der Waals surface area (Å²) >= 11 is 0. The molecule has 0 N–H and O–H groups in total. The largest absolute Gasteiger partial charge is 0.310 e. The first-order valence-electron chi connectivity index (χ1n) is 23.8. The lowest BCUT2D eigenvalue weighted by Gasteiger charge is -2.37. The third-order valence-electron chi connectivity index (χ3n) is 15.3. The first-order valence-corrected chi connectivity index (χ1v) is 23.8. The van der Waals surface area contributed by atoms with Crippen molar-refractivity contribution in [1.82, 2.24) is 4.57 Å². The fraction of sp³-hybridized carbons (Fsp3) is 0.0769. The molecule has 9 aromatic carbocycles. The van der Waals surface area contributed by atoms with Crippen molar-refractivity contribution in [2.24, 2.45) is 5.92 Å². The minimum atomic E-state index is -0.257. The summed E-state index contributed by atoms with van der Waals surface area (Å²) in [5, 5.41) is 4.99. The molecule has 67 heavy (non-hydrogen) atoms. The molecule has 316 valence electrons. The summed E-state index contributed by atoms with van der Waals surface area (Å²) in [6, 6.07) is 76.8. The molecule has 0 saturated carbocycles. The van der Waals surface area contributed by atoms with Crippen molar-refractivity contribution < 1.29 is 0 Å². The fourth-order valence-electron chi connectivity index (χ4n) is 12.5. The minimum Gasteiger partial charge on any atom is -0.310 e. The highest BCUT2D eigenvalue weighted by molar-refractivity contribution is 6.10. The van der Waals surface area contributed by atoms with Gasteiger partial charge in [0.1, 0.15) is 0 Å². The molecule has 1 spiro atoms. The molecule has 1 aromatic heterocycles. The average molecular weight is 855 g/mol. The van der Waals surface area contributed by atoms with Gasteiger partial charge in [-0.25, -0.2) is 0 Å². The number of anilines is 3. The van der Waals surface area contributed by atoms with E-state index < -0.39 is 0 Å². The van der Waals surface area contributed by atoms with Crippen LogP contribution in [0.3, 0.4) is 0 Å². The van der Waals surface area contributed by atoms with E-state index in [4.69, 9.17) is 0 Å². The Hall–Kier alpha value is -8.20. The predicted molar refractivity (Wildman–Crippen MR) is 281 cm³/mol. The lowest BCUT2D eigenvalue weighted by molar-refractivity contribution is 0.464. The molecular weight excluding hydrogens is 809 g/mol. The van der Waals surface area contributed by atoms with Gasteiger partial charge in [-0.1, -0.05) is 182 Å². The summed E-state index contributed by atoms with van der Waals surface area (Å²) in [5.74, 6) is 0.616. The number of para-hydroxylation sites is 2.